The van der Waals surface area contributed by atoms with E-state index in [4.69, 9.17) is 0 Å². The van der Waals surface area contributed by atoms with Crippen LogP contribution in [0.15, 0.2) is 30.3 Å². The number of nitrogens with one attached hydrogen (secondary N) is 1. The first kappa shape index (κ1) is 17.7. The van der Waals surface area contributed by atoms with Gasteiger partial charge < -0.3 is 10.2 Å². The van der Waals surface area contributed by atoms with Crippen molar-refractivity contribution in [2.75, 3.05) is 18.4 Å². The predicted molar refractivity (Wildman–Crippen MR) is 103 cm³/mol. The van der Waals surface area contributed by atoms with E-state index in [0.29, 0.717) is 16.1 Å². The van der Waals surface area contributed by atoms with Gasteiger partial charge >= 0.3 is 0 Å². The zero-order chi connectivity index (χ0) is 17.8. The third-order valence-electron chi connectivity index (χ3n) is 4.68. The molecule has 25 heavy (non-hydrogen) atoms. The second kappa shape index (κ2) is 7.83. The number of amides is 2. The Morgan fingerprint density at radius 1 is 1.12 bits per heavy atom. The van der Waals surface area contributed by atoms with Crippen molar-refractivity contribution in [1.82, 2.24) is 4.90 Å². The number of hydrogen-bond acceptors (Lipinski definition) is 3. The van der Waals surface area contributed by atoms with Crippen LogP contribution in [0.25, 0.3) is 0 Å². The summed E-state index contributed by atoms with van der Waals surface area (Å²) in [6.45, 7) is 5.70. The first-order valence-electron chi connectivity index (χ1n) is 8.89. The van der Waals surface area contributed by atoms with E-state index in [0.717, 1.165) is 42.8 Å². The van der Waals surface area contributed by atoms with Crippen LogP contribution in [-0.2, 0) is 6.42 Å². The zero-order valence-corrected chi connectivity index (χ0v) is 15.6. The van der Waals surface area contributed by atoms with Crippen LogP contribution in [-0.4, -0.2) is 29.8 Å². The highest BCUT2D eigenvalue weighted by Crippen LogP contribution is 2.35. The first-order valence-corrected chi connectivity index (χ1v) is 9.71. The lowest BCUT2D eigenvalue weighted by molar-refractivity contribution is 0.0725. The third kappa shape index (κ3) is 3.76. The minimum atomic E-state index is -0.169. The Labute approximate surface area is 152 Å². The number of aryl methyl sites for hydroxylation is 1. The van der Waals surface area contributed by atoms with Gasteiger partial charge in [0.1, 0.15) is 5.00 Å². The van der Waals surface area contributed by atoms with Crippen LogP contribution in [0.4, 0.5) is 5.00 Å². The lowest BCUT2D eigenvalue weighted by Crippen LogP contribution is -2.36. The number of likely N-dealkylation sites (tertiary alicyclic amines) is 1. The van der Waals surface area contributed by atoms with Gasteiger partial charge in [-0.25, -0.2) is 0 Å². The Morgan fingerprint density at radius 2 is 1.80 bits per heavy atom. The van der Waals surface area contributed by atoms with Crippen LogP contribution >= 0.6 is 11.3 Å². The van der Waals surface area contributed by atoms with Crippen LogP contribution in [0, 0.1) is 6.92 Å². The lowest BCUT2D eigenvalue weighted by atomic mass is 10.0. The van der Waals surface area contributed by atoms with Crippen molar-refractivity contribution >= 4 is 28.2 Å². The number of piperidine rings is 1. The molecular weight excluding hydrogens is 332 g/mol. The van der Waals surface area contributed by atoms with E-state index >= 15 is 0 Å². The summed E-state index contributed by atoms with van der Waals surface area (Å²) in [5.41, 5.74) is 2.35. The van der Waals surface area contributed by atoms with Crippen LogP contribution in [0.5, 0.6) is 0 Å². The highest BCUT2D eigenvalue weighted by Gasteiger charge is 2.27. The van der Waals surface area contributed by atoms with E-state index in [1.807, 2.05) is 30.0 Å². The number of nitrogens with zero attached hydrogens (tertiary/aromatic N) is 1. The number of carbonyl (C=O) groups is 2. The smallest absolute Gasteiger partial charge is 0.257 e. The molecule has 3 rings (SSSR count). The lowest BCUT2D eigenvalue weighted by Gasteiger charge is -2.27. The average Bonchev–Trinajstić information content (AvgIpc) is 2.97. The molecule has 0 spiro atoms. The van der Waals surface area contributed by atoms with Crippen LogP contribution < -0.4 is 5.32 Å². The van der Waals surface area contributed by atoms with Crippen molar-refractivity contribution in [2.45, 2.75) is 39.5 Å². The van der Waals surface area contributed by atoms with E-state index in [-0.39, 0.29) is 11.8 Å². The van der Waals surface area contributed by atoms with Gasteiger partial charge in [-0.2, -0.15) is 0 Å². The molecule has 1 aromatic carbocycles. The molecule has 0 radical (unpaired) electrons. The molecule has 1 aromatic heterocycles. The van der Waals surface area contributed by atoms with Crippen molar-refractivity contribution < 1.29 is 9.59 Å². The Kier molecular flexibility index (Phi) is 5.53. The van der Waals surface area contributed by atoms with Crippen LogP contribution in [0.1, 0.15) is 57.3 Å². The van der Waals surface area contributed by atoms with Crippen LogP contribution in [0.2, 0.25) is 0 Å². The summed E-state index contributed by atoms with van der Waals surface area (Å²) in [5, 5.41) is 3.65. The van der Waals surface area contributed by atoms with Crippen molar-refractivity contribution in [3.8, 4) is 0 Å². The summed E-state index contributed by atoms with van der Waals surface area (Å²) in [4.78, 5) is 28.7. The second-order valence-corrected chi connectivity index (χ2v) is 7.59. The van der Waals surface area contributed by atoms with Gasteiger partial charge in [0, 0.05) is 23.5 Å². The molecule has 132 valence electrons. The highest BCUT2D eigenvalue weighted by molar-refractivity contribution is 7.16. The Bertz CT molecular complexity index is 762. The maximum absolute atomic E-state index is 13.1. The minimum Gasteiger partial charge on any atom is -0.339 e. The molecule has 0 unspecified atom stereocenters. The van der Waals surface area contributed by atoms with Crippen molar-refractivity contribution in [2.24, 2.45) is 0 Å². The molecule has 0 saturated carbocycles. The summed E-state index contributed by atoms with van der Waals surface area (Å²) >= 11 is 1.50. The fourth-order valence-corrected chi connectivity index (χ4v) is 4.47. The molecule has 2 amide bonds. The Morgan fingerprint density at radius 3 is 2.44 bits per heavy atom. The molecule has 1 aliphatic heterocycles. The number of carbonyl (C=O) groups excluding carboxylic acids is 2. The number of rotatable bonds is 4. The number of hydrogen-bond donors (Lipinski definition) is 1. The summed E-state index contributed by atoms with van der Waals surface area (Å²) in [7, 11) is 0. The van der Waals surface area contributed by atoms with Gasteiger partial charge in [0.15, 0.2) is 0 Å². The van der Waals surface area contributed by atoms with Gasteiger partial charge in [-0.15, -0.1) is 11.3 Å². The Balaban J connectivity index is 1.91. The standard InChI is InChI=1S/C20H24N2O2S/c1-3-16-14(2)25-19(21-18(23)15-10-6-4-7-11-15)17(16)20(24)22-12-8-5-9-13-22/h4,6-7,10-11H,3,5,8-9,12-13H2,1-2H3,(H,21,23). The maximum Gasteiger partial charge on any atom is 0.257 e. The maximum atomic E-state index is 13.1. The molecule has 5 heteroatoms. The number of anilines is 1. The summed E-state index contributed by atoms with van der Waals surface area (Å²) in [6, 6.07) is 9.12. The second-order valence-electron chi connectivity index (χ2n) is 6.37. The third-order valence-corrected chi connectivity index (χ3v) is 5.75. The summed E-state index contributed by atoms with van der Waals surface area (Å²) in [6.07, 6.45) is 4.09. The summed E-state index contributed by atoms with van der Waals surface area (Å²) in [5.74, 6) is -0.110. The molecule has 1 N–H and O–H groups in total. The van der Waals surface area contributed by atoms with E-state index in [1.54, 1.807) is 12.1 Å². The SMILES string of the molecule is CCc1c(C)sc(NC(=O)c2ccccc2)c1C(=O)N1CCCCC1. The molecular formula is C20H24N2O2S. The molecule has 1 saturated heterocycles. The van der Waals surface area contributed by atoms with Gasteiger partial charge in [-0.3, -0.25) is 9.59 Å². The van der Waals surface area contributed by atoms with Gasteiger partial charge in [0.05, 0.1) is 5.56 Å². The van der Waals surface area contributed by atoms with Gasteiger partial charge in [0.25, 0.3) is 11.8 Å². The van der Waals surface area contributed by atoms with Crippen molar-refractivity contribution in [3.05, 3.63) is 51.9 Å². The predicted octanol–water partition coefficient (Wildman–Crippen LogP) is 4.50. The number of thiophene rings is 1. The van der Waals surface area contributed by atoms with Crippen LogP contribution in [0.3, 0.4) is 0 Å². The van der Waals surface area contributed by atoms with Gasteiger partial charge in [-0.05, 0) is 50.3 Å². The number of benzene rings is 1. The highest BCUT2D eigenvalue weighted by atomic mass is 32.1. The molecule has 0 atom stereocenters. The fraction of sp³-hybridized carbons (Fsp3) is 0.400. The van der Waals surface area contributed by atoms with E-state index < -0.39 is 0 Å². The molecule has 0 aliphatic carbocycles. The zero-order valence-electron chi connectivity index (χ0n) is 14.8. The average molecular weight is 356 g/mol. The molecule has 4 nitrogen and oxygen atoms in total. The molecule has 2 heterocycles. The van der Waals surface area contributed by atoms with Gasteiger partial charge in [-0.1, -0.05) is 25.1 Å². The van der Waals surface area contributed by atoms with Gasteiger partial charge in [0.2, 0.25) is 0 Å². The molecule has 1 fully saturated rings. The summed E-state index contributed by atoms with van der Waals surface area (Å²) < 4.78 is 0. The quantitative estimate of drug-likeness (QED) is 0.877. The normalized spacial score (nSPS) is 14.4. The minimum absolute atomic E-state index is 0.0595. The molecule has 0 bridgehead atoms. The Hall–Kier alpha value is -2.14. The van der Waals surface area contributed by atoms with Crippen molar-refractivity contribution in [3.63, 3.8) is 0 Å². The molecule has 1 aliphatic rings. The van der Waals surface area contributed by atoms with E-state index in [9.17, 15) is 9.59 Å². The monoisotopic (exact) mass is 356 g/mol. The largest absolute Gasteiger partial charge is 0.339 e. The first-order chi connectivity index (χ1) is 12.1. The van der Waals surface area contributed by atoms with E-state index in [2.05, 4.69) is 12.2 Å². The fourth-order valence-electron chi connectivity index (χ4n) is 3.34. The topological polar surface area (TPSA) is 49.4 Å². The van der Waals surface area contributed by atoms with Crippen molar-refractivity contribution in [1.29, 1.82) is 0 Å². The molecule has 2 aromatic rings. The van der Waals surface area contributed by atoms with E-state index in [1.165, 1.54) is 17.8 Å².